The first-order valence-corrected chi connectivity index (χ1v) is 10.5. The summed E-state index contributed by atoms with van der Waals surface area (Å²) in [7, 11) is 0. The van der Waals surface area contributed by atoms with Crippen LogP contribution in [0.5, 0.6) is 5.75 Å². The fourth-order valence-corrected chi connectivity index (χ4v) is 4.47. The number of rotatable bonds is 8. The van der Waals surface area contributed by atoms with Gasteiger partial charge in [0.15, 0.2) is 0 Å². The average molecular weight is 400 g/mol. The number of aryl methyl sites for hydroxylation is 1. The van der Waals surface area contributed by atoms with E-state index >= 15 is 0 Å². The van der Waals surface area contributed by atoms with Crippen LogP contribution in [0.1, 0.15) is 53.1 Å². The molecule has 0 spiro atoms. The van der Waals surface area contributed by atoms with Crippen molar-refractivity contribution in [2.75, 3.05) is 18.5 Å². The van der Waals surface area contributed by atoms with Gasteiger partial charge in [-0.15, -0.1) is 11.3 Å². The van der Waals surface area contributed by atoms with Crippen LogP contribution in [0.2, 0.25) is 0 Å². The van der Waals surface area contributed by atoms with Crippen molar-refractivity contribution in [3.8, 4) is 5.75 Å². The summed E-state index contributed by atoms with van der Waals surface area (Å²) in [6.07, 6.45) is 6.95. The first kappa shape index (κ1) is 20.1. The van der Waals surface area contributed by atoms with Crippen molar-refractivity contribution < 1.29 is 19.1 Å². The monoisotopic (exact) mass is 399 g/mol. The zero-order valence-corrected chi connectivity index (χ0v) is 17.1. The van der Waals surface area contributed by atoms with Gasteiger partial charge in [0.05, 0.1) is 18.8 Å². The SMILES string of the molecule is CCCOc1ccccc1C=CC(=O)Nc1sc2c(c1C(=O)OCC)CCC2. The molecule has 28 heavy (non-hydrogen) atoms. The molecule has 0 unspecified atom stereocenters. The Morgan fingerprint density at radius 3 is 2.82 bits per heavy atom. The number of para-hydroxylation sites is 1. The van der Waals surface area contributed by atoms with Crippen molar-refractivity contribution in [1.82, 2.24) is 0 Å². The summed E-state index contributed by atoms with van der Waals surface area (Å²) in [5, 5.41) is 3.44. The van der Waals surface area contributed by atoms with Gasteiger partial charge >= 0.3 is 5.97 Å². The fraction of sp³-hybridized carbons (Fsp3) is 0.364. The molecule has 1 aliphatic carbocycles. The van der Waals surface area contributed by atoms with Gasteiger partial charge < -0.3 is 14.8 Å². The Bertz CT molecular complexity index is 885. The quantitative estimate of drug-likeness (QED) is 0.509. The highest BCUT2D eigenvalue weighted by atomic mass is 32.1. The smallest absolute Gasteiger partial charge is 0.341 e. The van der Waals surface area contributed by atoms with Crippen molar-refractivity contribution in [2.45, 2.75) is 39.5 Å². The second-order valence-corrected chi connectivity index (χ2v) is 7.60. The van der Waals surface area contributed by atoms with Gasteiger partial charge in [0.2, 0.25) is 5.91 Å². The molecule has 0 saturated heterocycles. The number of esters is 1. The van der Waals surface area contributed by atoms with E-state index in [-0.39, 0.29) is 11.9 Å². The standard InChI is InChI=1S/C22H25NO4S/c1-3-14-27-17-10-6-5-8-15(17)12-13-19(24)23-21-20(22(25)26-4-2)16-9-7-11-18(16)28-21/h5-6,8,10,12-13H,3-4,7,9,11,14H2,1-2H3,(H,23,24). The van der Waals surface area contributed by atoms with E-state index in [0.717, 1.165) is 42.6 Å². The molecule has 1 amide bonds. The number of carbonyl (C=O) groups is 2. The van der Waals surface area contributed by atoms with Crippen LogP contribution < -0.4 is 10.1 Å². The predicted molar refractivity (Wildman–Crippen MR) is 112 cm³/mol. The molecule has 3 rings (SSSR count). The van der Waals surface area contributed by atoms with Gasteiger partial charge in [0.25, 0.3) is 0 Å². The maximum absolute atomic E-state index is 12.5. The van der Waals surface area contributed by atoms with Crippen LogP contribution in [0.4, 0.5) is 5.00 Å². The van der Waals surface area contributed by atoms with Crippen molar-refractivity contribution in [2.24, 2.45) is 0 Å². The second kappa shape index (κ2) is 9.55. The number of anilines is 1. The third-order valence-electron chi connectivity index (χ3n) is 4.43. The van der Waals surface area contributed by atoms with Gasteiger partial charge in [-0.3, -0.25) is 4.79 Å². The highest BCUT2D eigenvalue weighted by molar-refractivity contribution is 7.17. The number of carbonyl (C=O) groups excluding carboxylic acids is 2. The lowest BCUT2D eigenvalue weighted by Gasteiger charge is -2.08. The molecule has 1 aromatic carbocycles. The first-order valence-electron chi connectivity index (χ1n) is 9.66. The average Bonchev–Trinajstić information content (AvgIpc) is 3.26. The number of benzene rings is 1. The summed E-state index contributed by atoms with van der Waals surface area (Å²) in [5.41, 5.74) is 2.39. The summed E-state index contributed by atoms with van der Waals surface area (Å²) >= 11 is 1.48. The van der Waals surface area contributed by atoms with Crippen LogP contribution in [0.25, 0.3) is 6.08 Å². The molecule has 0 saturated carbocycles. The normalized spacial score (nSPS) is 12.8. The number of hydrogen-bond donors (Lipinski definition) is 1. The van der Waals surface area contributed by atoms with Gasteiger partial charge in [-0.05, 0) is 50.3 Å². The Kier molecular flexibility index (Phi) is 6.87. The molecular weight excluding hydrogens is 374 g/mol. The van der Waals surface area contributed by atoms with Crippen molar-refractivity contribution in [3.63, 3.8) is 0 Å². The molecule has 0 atom stereocenters. The van der Waals surface area contributed by atoms with Crippen molar-refractivity contribution in [1.29, 1.82) is 0 Å². The van der Waals surface area contributed by atoms with E-state index in [1.165, 1.54) is 22.3 Å². The maximum Gasteiger partial charge on any atom is 0.341 e. The molecule has 1 heterocycles. The van der Waals surface area contributed by atoms with Gasteiger partial charge in [0, 0.05) is 16.5 Å². The van der Waals surface area contributed by atoms with Crippen molar-refractivity contribution >= 4 is 34.3 Å². The Balaban J connectivity index is 1.76. The number of hydrogen-bond acceptors (Lipinski definition) is 5. The summed E-state index contributed by atoms with van der Waals surface area (Å²) in [6, 6.07) is 7.59. The molecule has 148 valence electrons. The molecular formula is C22H25NO4S. The van der Waals surface area contributed by atoms with E-state index < -0.39 is 0 Å². The van der Waals surface area contributed by atoms with Crippen molar-refractivity contribution in [3.05, 3.63) is 51.9 Å². The first-order chi connectivity index (χ1) is 13.6. The topological polar surface area (TPSA) is 64.6 Å². The van der Waals surface area contributed by atoms with E-state index in [1.54, 1.807) is 13.0 Å². The van der Waals surface area contributed by atoms with Crippen LogP contribution >= 0.6 is 11.3 Å². The lowest BCUT2D eigenvalue weighted by molar-refractivity contribution is -0.111. The molecule has 1 aliphatic rings. The van der Waals surface area contributed by atoms with E-state index in [0.29, 0.717) is 23.8 Å². The number of nitrogens with one attached hydrogen (secondary N) is 1. The largest absolute Gasteiger partial charge is 0.493 e. The van der Waals surface area contributed by atoms with Crippen LogP contribution in [0, 0.1) is 0 Å². The van der Waals surface area contributed by atoms with E-state index in [1.807, 2.05) is 31.2 Å². The maximum atomic E-state index is 12.5. The lowest BCUT2D eigenvalue weighted by Crippen LogP contribution is -2.13. The van der Waals surface area contributed by atoms with Crippen LogP contribution in [0.15, 0.2) is 30.3 Å². The summed E-state index contributed by atoms with van der Waals surface area (Å²) in [5.74, 6) is 0.103. The highest BCUT2D eigenvalue weighted by Crippen LogP contribution is 2.39. The minimum Gasteiger partial charge on any atom is -0.493 e. The minimum atomic E-state index is -0.362. The zero-order valence-electron chi connectivity index (χ0n) is 16.2. The number of fused-ring (bicyclic) bond motifs is 1. The summed E-state index contributed by atoms with van der Waals surface area (Å²) in [4.78, 5) is 26.0. The molecule has 0 aliphatic heterocycles. The fourth-order valence-electron chi connectivity index (χ4n) is 3.19. The lowest BCUT2D eigenvalue weighted by atomic mass is 10.1. The molecule has 6 heteroatoms. The molecule has 0 bridgehead atoms. The third kappa shape index (κ3) is 4.62. The van der Waals surface area contributed by atoms with E-state index in [9.17, 15) is 9.59 Å². The molecule has 5 nitrogen and oxygen atoms in total. The summed E-state index contributed by atoms with van der Waals surface area (Å²) in [6.45, 7) is 4.76. The van der Waals surface area contributed by atoms with Crippen LogP contribution in [-0.2, 0) is 22.4 Å². The predicted octanol–water partition coefficient (Wildman–Crippen LogP) is 4.85. The molecule has 0 radical (unpaired) electrons. The number of thiophene rings is 1. The summed E-state index contributed by atoms with van der Waals surface area (Å²) < 4.78 is 10.9. The Labute approximate surface area is 169 Å². The molecule has 2 aromatic rings. The van der Waals surface area contributed by atoms with E-state index in [4.69, 9.17) is 9.47 Å². The van der Waals surface area contributed by atoms with Crippen LogP contribution in [0.3, 0.4) is 0 Å². The van der Waals surface area contributed by atoms with Gasteiger partial charge in [-0.25, -0.2) is 4.79 Å². The third-order valence-corrected chi connectivity index (χ3v) is 5.64. The highest BCUT2D eigenvalue weighted by Gasteiger charge is 2.28. The van der Waals surface area contributed by atoms with E-state index in [2.05, 4.69) is 5.32 Å². The number of amides is 1. The molecule has 0 fully saturated rings. The van der Waals surface area contributed by atoms with Gasteiger partial charge in [-0.1, -0.05) is 25.1 Å². The zero-order chi connectivity index (χ0) is 19.9. The van der Waals surface area contributed by atoms with Gasteiger partial charge in [0.1, 0.15) is 10.8 Å². The minimum absolute atomic E-state index is 0.282. The Morgan fingerprint density at radius 2 is 2.04 bits per heavy atom. The molecule has 1 N–H and O–H groups in total. The number of ether oxygens (including phenoxy) is 2. The molecule has 1 aromatic heterocycles. The van der Waals surface area contributed by atoms with Gasteiger partial charge in [-0.2, -0.15) is 0 Å². The van der Waals surface area contributed by atoms with Crippen LogP contribution in [-0.4, -0.2) is 25.1 Å². The second-order valence-electron chi connectivity index (χ2n) is 6.49. The Hall–Kier alpha value is -2.60. The Morgan fingerprint density at radius 1 is 1.21 bits per heavy atom.